The highest BCUT2D eigenvalue weighted by Gasteiger charge is 2.21. The Kier molecular flexibility index (Phi) is 4.10. The Morgan fingerprint density at radius 2 is 1.89 bits per heavy atom. The highest BCUT2D eigenvalue weighted by Crippen LogP contribution is 2.30. The highest BCUT2D eigenvalue weighted by molar-refractivity contribution is 5.66. The summed E-state index contributed by atoms with van der Waals surface area (Å²) >= 11 is 0. The SMILES string of the molecule is Cc1ncc2c(c1-c1noc(-c3cnc(-c4ccccn4)nc3)n1)CCNC2. The Morgan fingerprint density at radius 3 is 2.71 bits per heavy atom. The van der Waals surface area contributed by atoms with Crippen LogP contribution in [-0.4, -0.2) is 36.6 Å². The summed E-state index contributed by atoms with van der Waals surface area (Å²) in [5, 5.41) is 7.56. The fourth-order valence-electron chi connectivity index (χ4n) is 3.38. The minimum Gasteiger partial charge on any atom is -0.333 e. The zero-order chi connectivity index (χ0) is 18.9. The van der Waals surface area contributed by atoms with Gasteiger partial charge in [-0.2, -0.15) is 4.98 Å². The van der Waals surface area contributed by atoms with Gasteiger partial charge in [0.05, 0.1) is 5.56 Å². The number of hydrogen-bond acceptors (Lipinski definition) is 8. The molecule has 0 atom stereocenters. The monoisotopic (exact) mass is 371 g/mol. The van der Waals surface area contributed by atoms with Crippen LogP contribution in [0.15, 0.2) is 47.5 Å². The van der Waals surface area contributed by atoms with Crippen LogP contribution in [0.3, 0.4) is 0 Å². The van der Waals surface area contributed by atoms with Crippen molar-refractivity contribution in [2.45, 2.75) is 19.9 Å². The molecule has 8 nitrogen and oxygen atoms in total. The molecule has 8 heteroatoms. The average molecular weight is 371 g/mol. The lowest BCUT2D eigenvalue weighted by Gasteiger charge is -2.19. The van der Waals surface area contributed by atoms with Gasteiger partial charge in [-0.1, -0.05) is 11.2 Å². The maximum absolute atomic E-state index is 5.50. The summed E-state index contributed by atoms with van der Waals surface area (Å²) in [5.41, 5.74) is 5.65. The third kappa shape index (κ3) is 2.93. The molecular formula is C20H17N7O. The molecule has 0 aromatic carbocycles. The topological polar surface area (TPSA) is 103 Å². The Hall–Kier alpha value is -3.52. The first-order valence-corrected chi connectivity index (χ1v) is 9.05. The molecule has 0 amide bonds. The van der Waals surface area contributed by atoms with E-state index in [1.165, 1.54) is 11.1 Å². The lowest BCUT2D eigenvalue weighted by atomic mass is 9.95. The molecule has 1 aliphatic heterocycles. The maximum atomic E-state index is 5.50. The van der Waals surface area contributed by atoms with Gasteiger partial charge in [0.15, 0.2) is 5.82 Å². The fourth-order valence-corrected chi connectivity index (χ4v) is 3.38. The molecule has 5 heterocycles. The van der Waals surface area contributed by atoms with Gasteiger partial charge in [-0.25, -0.2) is 9.97 Å². The van der Waals surface area contributed by atoms with Crippen molar-refractivity contribution >= 4 is 0 Å². The van der Waals surface area contributed by atoms with Crippen LogP contribution in [0.2, 0.25) is 0 Å². The lowest BCUT2D eigenvalue weighted by molar-refractivity contribution is 0.432. The van der Waals surface area contributed by atoms with Crippen LogP contribution in [-0.2, 0) is 13.0 Å². The largest absolute Gasteiger partial charge is 0.333 e. The van der Waals surface area contributed by atoms with E-state index in [0.717, 1.165) is 30.8 Å². The first-order chi connectivity index (χ1) is 13.8. The predicted octanol–water partition coefficient (Wildman–Crippen LogP) is 2.60. The van der Waals surface area contributed by atoms with E-state index >= 15 is 0 Å². The molecule has 0 saturated carbocycles. The van der Waals surface area contributed by atoms with E-state index in [2.05, 4.69) is 35.4 Å². The molecule has 1 N–H and O–H groups in total. The Balaban J connectivity index is 1.49. The molecular weight excluding hydrogens is 354 g/mol. The summed E-state index contributed by atoms with van der Waals surface area (Å²) < 4.78 is 5.50. The van der Waals surface area contributed by atoms with Crippen molar-refractivity contribution in [1.82, 2.24) is 35.4 Å². The van der Waals surface area contributed by atoms with Crippen molar-refractivity contribution in [2.75, 3.05) is 6.54 Å². The van der Waals surface area contributed by atoms with Crippen LogP contribution in [0, 0.1) is 6.92 Å². The van der Waals surface area contributed by atoms with Gasteiger partial charge >= 0.3 is 0 Å². The minimum atomic E-state index is 0.383. The van der Waals surface area contributed by atoms with Crippen molar-refractivity contribution in [3.8, 4) is 34.4 Å². The zero-order valence-corrected chi connectivity index (χ0v) is 15.3. The quantitative estimate of drug-likeness (QED) is 0.586. The molecule has 0 fully saturated rings. The third-order valence-corrected chi connectivity index (χ3v) is 4.77. The Bertz CT molecular complexity index is 1120. The Labute approximate surface area is 161 Å². The van der Waals surface area contributed by atoms with Gasteiger partial charge in [0, 0.05) is 42.6 Å². The van der Waals surface area contributed by atoms with Crippen molar-refractivity contribution in [3.63, 3.8) is 0 Å². The van der Waals surface area contributed by atoms with Crippen LogP contribution >= 0.6 is 0 Å². The summed E-state index contributed by atoms with van der Waals surface area (Å²) in [5.74, 6) is 1.48. The number of aryl methyl sites for hydroxylation is 1. The van der Waals surface area contributed by atoms with E-state index in [1.807, 2.05) is 31.3 Å². The molecule has 0 spiro atoms. The summed E-state index contributed by atoms with van der Waals surface area (Å²) in [4.78, 5) is 22.1. The molecule has 0 radical (unpaired) electrons. The second-order valence-electron chi connectivity index (χ2n) is 6.58. The van der Waals surface area contributed by atoms with Gasteiger partial charge in [0.2, 0.25) is 5.82 Å². The summed E-state index contributed by atoms with van der Waals surface area (Å²) in [6.45, 7) is 3.71. The normalized spacial score (nSPS) is 13.3. The van der Waals surface area contributed by atoms with E-state index in [1.54, 1.807) is 18.6 Å². The van der Waals surface area contributed by atoms with Gasteiger partial charge in [0.25, 0.3) is 5.89 Å². The number of nitrogens with zero attached hydrogens (tertiary/aromatic N) is 6. The van der Waals surface area contributed by atoms with Crippen LogP contribution in [0.5, 0.6) is 0 Å². The van der Waals surface area contributed by atoms with E-state index < -0.39 is 0 Å². The van der Waals surface area contributed by atoms with Crippen molar-refractivity contribution in [2.24, 2.45) is 0 Å². The number of pyridine rings is 2. The van der Waals surface area contributed by atoms with Crippen LogP contribution < -0.4 is 5.32 Å². The molecule has 1 aliphatic rings. The highest BCUT2D eigenvalue weighted by atomic mass is 16.5. The molecule has 4 aromatic heterocycles. The molecule has 138 valence electrons. The second-order valence-corrected chi connectivity index (χ2v) is 6.58. The first-order valence-electron chi connectivity index (χ1n) is 9.05. The fraction of sp³-hybridized carbons (Fsp3) is 0.200. The van der Waals surface area contributed by atoms with E-state index in [4.69, 9.17) is 4.52 Å². The van der Waals surface area contributed by atoms with Gasteiger partial charge in [0.1, 0.15) is 5.69 Å². The number of nitrogens with one attached hydrogen (secondary N) is 1. The first kappa shape index (κ1) is 16.6. The van der Waals surface area contributed by atoms with Crippen molar-refractivity contribution in [1.29, 1.82) is 0 Å². The zero-order valence-electron chi connectivity index (χ0n) is 15.3. The molecule has 0 saturated heterocycles. The molecule has 0 unspecified atom stereocenters. The summed E-state index contributed by atoms with van der Waals surface area (Å²) in [6, 6.07) is 5.62. The van der Waals surface area contributed by atoms with E-state index in [0.29, 0.717) is 28.8 Å². The van der Waals surface area contributed by atoms with E-state index in [-0.39, 0.29) is 0 Å². The molecule has 5 rings (SSSR count). The number of hydrogen-bond donors (Lipinski definition) is 1. The van der Waals surface area contributed by atoms with Crippen LogP contribution in [0.25, 0.3) is 34.4 Å². The summed E-state index contributed by atoms with van der Waals surface area (Å²) in [6.07, 6.45) is 7.89. The maximum Gasteiger partial charge on any atom is 0.261 e. The van der Waals surface area contributed by atoms with Crippen LogP contribution in [0.4, 0.5) is 0 Å². The van der Waals surface area contributed by atoms with Crippen molar-refractivity contribution in [3.05, 3.63) is 59.8 Å². The minimum absolute atomic E-state index is 0.383. The van der Waals surface area contributed by atoms with Crippen LogP contribution in [0.1, 0.15) is 16.8 Å². The van der Waals surface area contributed by atoms with E-state index in [9.17, 15) is 0 Å². The number of aromatic nitrogens is 6. The third-order valence-electron chi connectivity index (χ3n) is 4.77. The predicted molar refractivity (Wildman–Crippen MR) is 102 cm³/mol. The average Bonchev–Trinajstić information content (AvgIpc) is 3.24. The second kappa shape index (κ2) is 6.90. The van der Waals surface area contributed by atoms with Gasteiger partial charge in [-0.05, 0) is 43.1 Å². The smallest absolute Gasteiger partial charge is 0.261 e. The standard InChI is InChI=1S/C20H17N7O/c1-12-17(15-5-7-21-8-13(15)9-23-12)19-26-20(28-27-19)14-10-24-18(25-11-14)16-4-2-3-6-22-16/h2-4,6,9-11,21H,5,7-8H2,1H3. The van der Waals surface area contributed by atoms with Gasteiger partial charge in [-0.15, -0.1) is 0 Å². The molecule has 0 aliphatic carbocycles. The molecule has 4 aromatic rings. The van der Waals surface area contributed by atoms with Gasteiger partial charge < -0.3 is 9.84 Å². The summed E-state index contributed by atoms with van der Waals surface area (Å²) in [7, 11) is 0. The lowest BCUT2D eigenvalue weighted by Crippen LogP contribution is -2.24. The van der Waals surface area contributed by atoms with Crippen molar-refractivity contribution < 1.29 is 4.52 Å². The number of rotatable bonds is 3. The van der Waals surface area contributed by atoms with Gasteiger partial charge in [-0.3, -0.25) is 9.97 Å². The Morgan fingerprint density at radius 1 is 1.00 bits per heavy atom. The molecule has 0 bridgehead atoms. The molecule has 28 heavy (non-hydrogen) atoms. The number of fused-ring (bicyclic) bond motifs is 1.